The second-order valence-corrected chi connectivity index (χ2v) is 3.82. The van der Waals surface area contributed by atoms with Crippen molar-refractivity contribution < 1.29 is 0 Å². The van der Waals surface area contributed by atoms with Crippen molar-refractivity contribution in [2.24, 2.45) is 10.7 Å². The van der Waals surface area contributed by atoms with Gasteiger partial charge in [0.25, 0.3) is 0 Å². The lowest BCUT2D eigenvalue weighted by atomic mass is 10.1. The van der Waals surface area contributed by atoms with E-state index in [0.29, 0.717) is 24.6 Å². The van der Waals surface area contributed by atoms with Gasteiger partial charge >= 0.3 is 0 Å². The number of nitriles is 1. The Morgan fingerprint density at radius 1 is 1.44 bits per heavy atom. The number of rotatable bonds is 4. The van der Waals surface area contributed by atoms with Gasteiger partial charge in [-0.3, -0.25) is 0 Å². The summed E-state index contributed by atoms with van der Waals surface area (Å²) in [6, 6.07) is 9.34. The molecule has 0 aliphatic carbocycles. The van der Waals surface area contributed by atoms with Crippen LogP contribution in [0.25, 0.3) is 0 Å². The van der Waals surface area contributed by atoms with Crippen molar-refractivity contribution in [3.05, 3.63) is 47.5 Å². The highest BCUT2D eigenvalue weighted by molar-refractivity contribution is 14.0. The van der Waals surface area contributed by atoms with Gasteiger partial charge in [0.1, 0.15) is 0 Å². The summed E-state index contributed by atoms with van der Waals surface area (Å²) in [5.41, 5.74) is 8.33. The van der Waals surface area contributed by atoms with Crippen LogP contribution in [0.4, 0.5) is 0 Å². The second-order valence-electron chi connectivity index (χ2n) is 3.82. The van der Waals surface area contributed by atoms with Crippen molar-refractivity contribution in [3.63, 3.8) is 0 Å². The van der Waals surface area contributed by atoms with Crippen molar-refractivity contribution in [1.82, 2.24) is 5.32 Å². The topological polar surface area (TPSA) is 74.2 Å². The third-order valence-corrected chi connectivity index (χ3v) is 2.09. The molecule has 0 fully saturated rings. The number of nitrogens with one attached hydrogen (secondary N) is 1. The molecule has 1 aromatic carbocycles. The van der Waals surface area contributed by atoms with Gasteiger partial charge in [-0.15, -0.1) is 24.0 Å². The van der Waals surface area contributed by atoms with Crippen molar-refractivity contribution in [1.29, 1.82) is 5.26 Å². The van der Waals surface area contributed by atoms with Crippen molar-refractivity contribution >= 4 is 29.9 Å². The molecule has 0 atom stereocenters. The summed E-state index contributed by atoms with van der Waals surface area (Å²) in [5, 5.41) is 11.6. The molecule has 0 amide bonds. The molecule has 1 aromatic rings. The number of nitrogens with two attached hydrogens (primary N) is 1. The fourth-order valence-electron chi connectivity index (χ4n) is 1.16. The molecule has 0 aromatic heterocycles. The van der Waals surface area contributed by atoms with E-state index in [1.165, 1.54) is 0 Å². The molecule has 0 heterocycles. The Kier molecular flexibility index (Phi) is 7.79. The first-order chi connectivity index (χ1) is 8.11. The van der Waals surface area contributed by atoms with Crippen LogP contribution in [-0.4, -0.2) is 12.5 Å². The Hall–Kier alpha value is -1.55. The van der Waals surface area contributed by atoms with Crippen molar-refractivity contribution in [2.75, 3.05) is 6.54 Å². The van der Waals surface area contributed by atoms with Gasteiger partial charge in [0, 0.05) is 6.54 Å². The molecule has 0 saturated heterocycles. The number of aliphatic imine (C=N–C) groups is 1. The predicted octanol–water partition coefficient (Wildman–Crippen LogP) is 2.16. The molecule has 0 bridgehead atoms. The third kappa shape index (κ3) is 6.25. The number of nitrogens with zero attached hydrogens (tertiary/aromatic N) is 2. The van der Waals surface area contributed by atoms with Gasteiger partial charge in [0.05, 0.1) is 18.2 Å². The second kappa shape index (κ2) is 8.53. The molecule has 96 valence electrons. The first-order valence-electron chi connectivity index (χ1n) is 5.29. The van der Waals surface area contributed by atoms with Crippen LogP contribution in [-0.2, 0) is 6.54 Å². The number of hydrogen-bond acceptors (Lipinski definition) is 2. The number of guanidine groups is 1. The van der Waals surface area contributed by atoms with E-state index in [1.807, 2.05) is 19.1 Å². The normalized spacial score (nSPS) is 10.1. The zero-order chi connectivity index (χ0) is 12.7. The average molecular weight is 356 g/mol. The summed E-state index contributed by atoms with van der Waals surface area (Å²) in [5.74, 6) is 0.400. The van der Waals surface area contributed by atoms with E-state index in [-0.39, 0.29) is 24.0 Å². The summed E-state index contributed by atoms with van der Waals surface area (Å²) in [6.45, 7) is 6.81. The van der Waals surface area contributed by atoms with Gasteiger partial charge in [-0.1, -0.05) is 24.3 Å². The SMILES string of the molecule is C=C(C)CNC(N)=NCc1ccc(C#N)cc1.I. The summed E-state index contributed by atoms with van der Waals surface area (Å²) in [6.07, 6.45) is 0. The molecular weight excluding hydrogens is 339 g/mol. The molecule has 4 nitrogen and oxygen atoms in total. The standard InChI is InChI=1S/C13H16N4.HI/c1-10(2)8-16-13(15)17-9-12-5-3-11(7-14)4-6-12;/h3-6H,1,8-9H2,2H3,(H3,15,16,17);1H. The fourth-order valence-corrected chi connectivity index (χ4v) is 1.16. The largest absolute Gasteiger partial charge is 0.370 e. The minimum Gasteiger partial charge on any atom is -0.370 e. The highest BCUT2D eigenvalue weighted by Gasteiger charge is 1.94. The van der Waals surface area contributed by atoms with Crippen LogP contribution in [0.5, 0.6) is 0 Å². The number of benzene rings is 1. The summed E-state index contributed by atoms with van der Waals surface area (Å²) in [4.78, 5) is 4.18. The van der Waals surface area contributed by atoms with Gasteiger partial charge in [-0.2, -0.15) is 5.26 Å². The summed E-state index contributed by atoms with van der Waals surface area (Å²) >= 11 is 0. The highest BCUT2D eigenvalue weighted by atomic mass is 127. The molecule has 0 aliphatic rings. The molecular formula is C13H17IN4. The lowest BCUT2D eigenvalue weighted by Crippen LogP contribution is -2.32. The maximum atomic E-state index is 8.65. The van der Waals surface area contributed by atoms with E-state index in [2.05, 4.69) is 23.0 Å². The maximum Gasteiger partial charge on any atom is 0.189 e. The minimum absolute atomic E-state index is 0. The van der Waals surface area contributed by atoms with E-state index < -0.39 is 0 Å². The lowest BCUT2D eigenvalue weighted by Gasteiger charge is -2.04. The average Bonchev–Trinajstić information content (AvgIpc) is 2.34. The highest BCUT2D eigenvalue weighted by Crippen LogP contribution is 2.04. The van der Waals surface area contributed by atoms with Crippen LogP contribution < -0.4 is 11.1 Å². The zero-order valence-corrected chi connectivity index (χ0v) is 12.6. The molecule has 3 N–H and O–H groups in total. The quantitative estimate of drug-likeness (QED) is 0.376. The Balaban J connectivity index is 0.00000289. The van der Waals surface area contributed by atoms with Crippen LogP contribution in [0, 0.1) is 11.3 Å². The molecule has 0 saturated carbocycles. The Morgan fingerprint density at radius 2 is 2.06 bits per heavy atom. The van der Waals surface area contributed by atoms with Crippen LogP contribution in [0.1, 0.15) is 18.1 Å². The van der Waals surface area contributed by atoms with Gasteiger partial charge < -0.3 is 11.1 Å². The van der Waals surface area contributed by atoms with E-state index in [0.717, 1.165) is 11.1 Å². The van der Waals surface area contributed by atoms with E-state index in [4.69, 9.17) is 11.0 Å². The van der Waals surface area contributed by atoms with Gasteiger partial charge in [-0.25, -0.2) is 4.99 Å². The Labute approximate surface area is 125 Å². The molecule has 0 unspecified atom stereocenters. The van der Waals surface area contributed by atoms with Gasteiger partial charge in [0.2, 0.25) is 0 Å². The number of halogens is 1. The van der Waals surface area contributed by atoms with Crippen LogP contribution in [0.2, 0.25) is 0 Å². The predicted molar refractivity (Wildman–Crippen MR) is 84.7 cm³/mol. The first kappa shape index (κ1) is 16.4. The monoisotopic (exact) mass is 356 g/mol. The van der Waals surface area contributed by atoms with Gasteiger partial charge in [-0.05, 0) is 24.6 Å². The lowest BCUT2D eigenvalue weighted by molar-refractivity contribution is 0.940. The fraction of sp³-hybridized carbons (Fsp3) is 0.231. The van der Waals surface area contributed by atoms with E-state index in [1.54, 1.807) is 12.1 Å². The Morgan fingerprint density at radius 3 is 2.56 bits per heavy atom. The van der Waals surface area contributed by atoms with E-state index >= 15 is 0 Å². The smallest absolute Gasteiger partial charge is 0.189 e. The Bertz CT molecular complexity index is 457. The summed E-state index contributed by atoms with van der Waals surface area (Å²) < 4.78 is 0. The number of hydrogen-bond donors (Lipinski definition) is 2. The molecule has 0 spiro atoms. The van der Waals surface area contributed by atoms with Gasteiger partial charge in [0.15, 0.2) is 5.96 Å². The van der Waals surface area contributed by atoms with Crippen molar-refractivity contribution in [3.8, 4) is 6.07 Å². The zero-order valence-electron chi connectivity index (χ0n) is 10.3. The van der Waals surface area contributed by atoms with Crippen LogP contribution >= 0.6 is 24.0 Å². The minimum atomic E-state index is 0. The third-order valence-electron chi connectivity index (χ3n) is 2.09. The molecule has 0 aliphatic heterocycles. The summed E-state index contributed by atoms with van der Waals surface area (Å²) in [7, 11) is 0. The molecule has 5 heteroatoms. The molecule has 0 radical (unpaired) electrons. The van der Waals surface area contributed by atoms with Crippen LogP contribution in [0.3, 0.4) is 0 Å². The maximum absolute atomic E-state index is 8.65. The van der Waals surface area contributed by atoms with Crippen molar-refractivity contribution in [2.45, 2.75) is 13.5 Å². The molecule has 1 rings (SSSR count). The van der Waals surface area contributed by atoms with E-state index in [9.17, 15) is 0 Å². The first-order valence-corrected chi connectivity index (χ1v) is 5.29. The molecule has 18 heavy (non-hydrogen) atoms. The van der Waals surface area contributed by atoms with Crippen LogP contribution in [0.15, 0.2) is 41.4 Å².